The first-order valence-corrected chi connectivity index (χ1v) is 6.54. The molecule has 0 atom stereocenters. The molecule has 21 heavy (non-hydrogen) atoms. The quantitative estimate of drug-likeness (QED) is 0.869. The number of hydrogen-bond acceptors (Lipinski definition) is 4. The van der Waals surface area contributed by atoms with E-state index in [2.05, 4.69) is 10.1 Å². The van der Waals surface area contributed by atoms with Gasteiger partial charge in [-0.2, -0.15) is 4.98 Å². The Balaban J connectivity index is 2.08. The van der Waals surface area contributed by atoms with Crippen molar-refractivity contribution < 1.29 is 18.1 Å². The van der Waals surface area contributed by atoms with Crippen molar-refractivity contribution in [3.8, 4) is 0 Å². The molecule has 0 saturated carbocycles. The molecule has 0 aliphatic heterocycles. The van der Waals surface area contributed by atoms with Crippen LogP contribution in [0.4, 0.5) is 8.78 Å². The number of nitrogens with zero attached hydrogens (tertiary/aromatic N) is 2. The van der Waals surface area contributed by atoms with Gasteiger partial charge in [0.15, 0.2) is 5.82 Å². The molecule has 0 radical (unpaired) electrons. The van der Waals surface area contributed by atoms with Gasteiger partial charge in [-0.15, -0.1) is 0 Å². The van der Waals surface area contributed by atoms with Crippen LogP contribution in [0.3, 0.4) is 0 Å². The lowest BCUT2D eigenvalue weighted by molar-refractivity contribution is -0.125. The second kappa shape index (κ2) is 5.71. The Labute approximate surface area is 121 Å². The molecular weight excluding hydrogens is 278 g/mol. The van der Waals surface area contributed by atoms with Gasteiger partial charge in [0.05, 0.1) is 6.42 Å². The lowest BCUT2D eigenvalue weighted by atomic mass is 9.89. The molecule has 2 rings (SSSR count). The third kappa shape index (κ3) is 4.18. The van der Waals surface area contributed by atoms with Gasteiger partial charge in [0.1, 0.15) is 17.4 Å². The summed E-state index contributed by atoms with van der Waals surface area (Å²) in [6.07, 6.45) is 0.190. The number of benzene rings is 1. The maximum atomic E-state index is 13.1. The Bertz CT molecular complexity index is 640. The first-order valence-electron chi connectivity index (χ1n) is 6.54. The van der Waals surface area contributed by atoms with Crippen molar-refractivity contribution in [3.05, 3.63) is 47.1 Å². The molecule has 6 heteroatoms. The molecule has 1 heterocycles. The molecule has 112 valence electrons. The largest absolute Gasteiger partial charge is 0.339 e. The molecule has 1 aromatic carbocycles. The third-order valence-electron chi connectivity index (χ3n) is 2.94. The summed E-state index contributed by atoms with van der Waals surface area (Å²) in [4.78, 5) is 15.9. The average molecular weight is 294 g/mol. The summed E-state index contributed by atoms with van der Waals surface area (Å²) in [5, 5.41) is 3.72. The Morgan fingerprint density at radius 1 is 1.19 bits per heavy atom. The Hall–Kier alpha value is -2.11. The molecule has 0 amide bonds. The SMILES string of the molecule is CC(C)(C)C(=O)Cc1nc(Cc2cc(F)cc(F)c2)no1. The van der Waals surface area contributed by atoms with Gasteiger partial charge >= 0.3 is 0 Å². The number of hydrogen-bond donors (Lipinski definition) is 0. The van der Waals surface area contributed by atoms with Crippen LogP contribution < -0.4 is 0 Å². The fourth-order valence-electron chi connectivity index (χ4n) is 1.73. The second-order valence-electron chi connectivity index (χ2n) is 5.91. The highest BCUT2D eigenvalue weighted by Gasteiger charge is 2.23. The van der Waals surface area contributed by atoms with E-state index in [-0.39, 0.29) is 30.3 Å². The number of carbonyl (C=O) groups is 1. The second-order valence-corrected chi connectivity index (χ2v) is 5.91. The number of rotatable bonds is 4. The van der Waals surface area contributed by atoms with Crippen molar-refractivity contribution in [2.24, 2.45) is 5.41 Å². The summed E-state index contributed by atoms with van der Waals surface area (Å²) in [5.41, 5.74) is -0.0812. The highest BCUT2D eigenvalue weighted by molar-refractivity contribution is 5.84. The summed E-state index contributed by atoms with van der Waals surface area (Å²) >= 11 is 0. The van der Waals surface area contributed by atoms with Gasteiger partial charge in [-0.05, 0) is 17.7 Å². The van der Waals surface area contributed by atoms with Gasteiger partial charge in [-0.25, -0.2) is 8.78 Å². The highest BCUT2D eigenvalue weighted by atomic mass is 19.1. The fraction of sp³-hybridized carbons (Fsp3) is 0.400. The summed E-state index contributed by atoms with van der Waals surface area (Å²) in [6.45, 7) is 5.42. The van der Waals surface area contributed by atoms with Gasteiger partial charge in [-0.3, -0.25) is 4.79 Å². The van der Waals surface area contributed by atoms with E-state index in [1.807, 2.05) is 20.8 Å². The maximum Gasteiger partial charge on any atom is 0.234 e. The lowest BCUT2D eigenvalue weighted by Gasteiger charge is -2.14. The van der Waals surface area contributed by atoms with Gasteiger partial charge in [0, 0.05) is 17.9 Å². The average Bonchev–Trinajstić information content (AvgIpc) is 2.73. The molecule has 0 saturated heterocycles. The van der Waals surface area contributed by atoms with E-state index in [1.54, 1.807) is 0 Å². The van der Waals surface area contributed by atoms with Gasteiger partial charge < -0.3 is 4.52 Å². The van der Waals surface area contributed by atoms with E-state index in [4.69, 9.17) is 4.52 Å². The molecule has 2 aromatic rings. The van der Waals surface area contributed by atoms with E-state index in [0.29, 0.717) is 5.56 Å². The van der Waals surface area contributed by atoms with Gasteiger partial charge in [0.2, 0.25) is 5.89 Å². The summed E-state index contributed by atoms with van der Waals surface area (Å²) in [6, 6.07) is 3.21. The Morgan fingerprint density at radius 2 is 1.81 bits per heavy atom. The first kappa shape index (κ1) is 15.3. The van der Waals surface area contributed by atoms with Crippen molar-refractivity contribution in [2.45, 2.75) is 33.6 Å². The van der Waals surface area contributed by atoms with E-state index in [0.717, 1.165) is 6.07 Å². The topological polar surface area (TPSA) is 56.0 Å². The maximum absolute atomic E-state index is 13.1. The molecule has 0 unspecified atom stereocenters. The predicted molar refractivity (Wildman–Crippen MR) is 71.6 cm³/mol. The van der Waals surface area contributed by atoms with Crippen molar-refractivity contribution in [2.75, 3.05) is 0 Å². The normalized spacial score (nSPS) is 11.7. The van der Waals surface area contributed by atoms with Gasteiger partial charge in [-0.1, -0.05) is 25.9 Å². The molecule has 1 aromatic heterocycles. The summed E-state index contributed by atoms with van der Waals surface area (Å²) in [7, 11) is 0. The van der Waals surface area contributed by atoms with Gasteiger partial charge in [0.25, 0.3) is 0 Å². The molecule has 0 spiro atoms. The first-order chi connectivity index (χ1) is 9.74. The molecule has 0 fully saturated rings. The number of aromatic nitrogens is 2. The van der Waals surface area contributed by atoms with E-state index in [9.17, 15) is 13.6 Å². The van der Waals surface area contributed by atoms with Crippen LogP contribution in [0.1, 0.15) is 38.0 Å². The van der Waals surface area contributed by atoms with Crippen LogP contribution in [0.15, 0.2) is 22.7 Å². The van der Waals surface area contributed by atoms with E-state index < -0.39 is 17.0 Å². The molecular formula is C15H16F2N2O2. The summed E-state index contributed by atoms with van der Waals surface area (Å²) < 4.78 is 31.2. The van der Waals surface area contributed by atoms with Crippen LogP contribution in [0.2, 0.25) is 0 Å². The zero-order valence-electron chi connectivity index (χ0n) is 12.1. The monoisotopic (exact) mass is 294 g/mol. The van der Waals surface area contributed by atoms with Crippen LogP contribution >= 0.6 is 0 Å². The predicted octanol–water partition coefficient (Wildman–Crippen LogP) is 3.10. The minimum atomic E-state index is -0.656. The fourth-order valence-corrected chi connectivity index (χ4v) is 1.73. The van der Waals surface area contributed by atoms with Crippen LogP contribution in [0.5, 0.6) is 0 Å². The zero-order chi connectivity index (χ0) is 15.6. The highest BCUT2D eigenvalue weighted by Crippen LogP contribution is 2.18. The molecule has 0 bridgehead atoms. The summed E-state index contributed by atoms with van der Waals surface area (Å²) in [5.74, 6) is -0.832. The van der Waals surface area contributed by atoms with Crippen LogP contribution in [-0.2, 0) is 17.6 Å². The standard InChI is InChI=1S/C15H16F2N2O2/c1-15(2,3)12(20)8-14-18-13(19-21-14)6-9-4-10(16)7-11(17)5-9/h4-5,7H,6,8H2,1-3H3. The molecule has 0 aliphatic rings. The molecule has 0 aliphatic carbocycles. The van der Waals surface area contributed by atoms with Crippen molar-refractivity contribution in [3.63, 3.8) is 0 Å². The number of carbonyl (C=O) groups excluding carboxylic acids is 1. The third-order valence-corrected chi connectivity index (χ3v) is 2.94. The Kier molecular flexibility index (Phi) is 4.16. The van der Waals surface area contributed by atoms with Crippen LogP contribution in [0, 0.1) is 17.0 Å². The number of halogens is 2. The lowest BCUT2D eigenvalue weighted by Crippen LogP contribution is -2.22. The van der Waals surface area contributed by atoms with Crippen LogP contribution in [-0.4, -0.2) is 15.9 Å². The van der Waals surface area contributed by atoms with E-state index >= 15 is 0 Å². The Morgan fingerprint density at radius 3 is 2.38 bits per heavy atom. The van der Waals surface area contributed by atoms with Crippen molar-refractivity contribution in [1.82, 2.24) is 10.1 Å². The minimum Gasteiger partial charge on any atom is -0.339 e. The zero-order valence-corrected chi connectivity index (χ0v) is 12.1. The van der Waals surface area contributed by atoms with Crippen molar-refractivity contribution >= 4 is 5.78 Å². The van der Waals surface area contributed by atoms with Crippen LogP contribution in [0.25, 0.3) is 0 Å². The smallest absolute Gasteiger partial charge is 0.234 e. The van der Waals surface area contributed by atoms with E-state index in [1.165, 1.54) is 12.1 Å². The molecule has 0 N–H and O–H groups in total. The minimum absolute atomic E-state index is 0.0190. The number of ketones is 1. The van der Waals surface area contributed by atoms with Crippen molar-refractivity contribution in [1.29, 1.82) is 0 Å². The number of Topliss-reactive ketones (excluding diaryl/α,β-unsaturated/α-hetero) is 1. The molecule has 4 nitrogen and oxygen atoms in total.